The lowest BCUT2D eigenvalue weighted by Gasteiger charge is -2.37. The number of carbonyl (C=O) groups is 1. The van der Waals surface area contributed by atoms with Gasteiger partial charge in [0.1, 0.15) is 0 Å². The molecule has 1 rings (SSSR count). The first-order chi connectivity index (χ1) is 8.81. The minimum absolute atomic E-state index is 0.0562. The van der Waals surface area contributed by atoms with Crippen LogP contribution < -0.4 is 15.8 Å². The van der Waals surface area contributed by atoms with E-state index < -0.39 is 15.6 Å². The summed E-state index contributed by atoms with van der Waals surface area (Å²) in [7, 11) is -3.20. The third-order valence-corrected chi connectivity index (χ3v) is 5.06. The number of nitrogens with two attached hydrogens (primary N) is 1. The molecule has 1 aliphatic carbocycles. The number of sulfonamides is 1. The van der Waals surface area contributed by atoms with E-state index >= 15 is 0 Å². The molecule has 7 heteroatoms. The van der Waals surface area contributed by atoms with E-state index in [9.17, 15) is 13.2 Å². The van der Waals surface area contributed by atoms with E-state index in [0.29, 0.717) is 0 Å². The second kappa shape index (κ2) is 6.67. The van der Waals surface area contributed by atoms with Crippen LogP contribution in [-0.2, 0) is 14.8 Å². The molecule has 1 unspecified atom stereocenters. The number of rotatable bonds is 7. The summed E-state index contributed by atoms with van der Waals surface area (Å²) < 4.78 is 25.3. The maximum absolute atomic E-state index is 11.7. The Balaban J connectivity index is 2.57. The predicted octanol–water partition coefficient (Wildman–Crippen LogP) is 0.0920. The van der Waals surface area contributed by atoms with E-state index in [-0.39, 0.29) is 24.2 Å². The van der Waals surface area contributed by atoms with Gasteiger partial charge in [0.05, 0.1) is 11.3 Å². The molecule has 1 fully saturated rings. The molecule has 0 aromatic carbocycles. The molecular formula is C12H25N3O3S. The van der Waals surface area contributed by atoms with Crippen LogP contribution in [0.25, 0.3) is 0 Å². The van der Waals surface area contributed by atoms with Gasteiger partial charge in [0.25, 0.3) is 0 Å². The van der Waals surface area contributed by atoms with Crippen LogP contribution in [0, 0.1) is 0 Å². The van der Waals surface area contributed by atoms with Crippen LogP contribution in [0.15, 0.2) is 0 Å². The standard InChI is InChI=1S/C12H25N3O3S/c1-3-19(17,18)14-9-10(2)15-12(11(13)16)7-5-4-6-8-12/h10,14-15H,3-9H2,1-2H3,(H2,13,16). The van der Waals surface area contributed by atoms with E-state index in [1.165, 1.54) is 0 Å². The van der Waals surface area contributed by atoms with Crippen LogP contribution in [0.5, 0.6) is 0 Å². The lowest BCUT2D eigenvalue weighted by atomic mass is 9.80. The molecule has 0 spiro atoms. The van der Waals surface area contributed by atoms with Crippen LogP contribution in [0.1, 0.15) is 46.0 Å². The van der Waals surface area contributed by atoms with E-state index in [2.05, 4.69) is 10.0 Å². The van der Waals surface area contributed by atoms with E-state index in [0.717, 1.165) is 32.1 Å². The lowest BCUT2D eigenvalue weighted by Crippen LogP contribution is -2.60. The van der Waals surface area contributed by atoms with Crippen molar-refractivity contribution in [3.05, 3.63) is 0 Å². The largest absolute Gasteiger partial charge is 0.368 e. The van der Waals surface area contributed by atoms with Crippen molar-refractivity contribution in [1.29, 1.82) is 0 Å². The van der Waals surface area contributed by atoms with Crippen molar-refractivity contribution in [1.82, 2.24) is 10.0 Å². The third kappa shape index (κ3) is 4.74. The van der Waals surface area contributed by atoms with Gasteiger partial charge in [-0.25, -0.2) is 13.1 Å². The third-order valence-electron chi connectivity index (χ3n) is 3.69. The molecule has 0 saturated heterocycles. The molecule has 0 radical (unpaired) electrons. The zero-order chi connectivity index (χ0) is 14.5. The molecule has 1 atom stereocenters. The molecule has 0 aromatic rings. The summed E-state index contributed by atoms with van der Waals surface area (Å²) in [6.45, 7) is 3.72. The number of carbonyl (C=O) groups excluding carboxylic acids is 1. The minimum Gasteiger partial charge on any atom is -0.368 e. The number of primary amides is 1. The van der Waals surface area contributed by atoms with Crippen molar-refractivity contribution >= 4 is 15.9 Å². The van der Waals surface area contributed by atoms with Crippen molar-refractivity contribution in [2.24, 2.45) is 5.73 Å². The van der Waals surface area contributed by atoms with Gasteiger partial charge in [0.15, 0.2) is 0 Å². The molecule has 1 amide bonds. The minimum atomic E-state index is -3.20. The molecule has 1 saturated carbocycles. The van der Waals surface area contributed by atoms with Crippen LogP contribution in [0.2, 0.25) is 0 Å². The van der Waals surface area contributed by atoms with Gasteiger partial charge >= 0.3 is 0 Å². The average Bonchev–Trinajstić information content (AvgIpc) is 2.37. The van der Waals surface area contributed by atoms with Gasteiger partial charge in [0, 0.05) is 12.6 Å². The topological polar surface area (TPSA) is 101 Å². The fourth-order valence-corrected chi connectivity index (χ4v) is 3.20. The highest BCUT2D eigenvalue weighted by atomic mass is 32.2. The molecule has 0 aromatic heterocycles. The SMILES string of the molecule is CCS(=O)(=O)NCC(C)NC1(C(N)=O)CCCCC1. The highest BCUT2D eigenvalue weighted by molar-refractivity contribution is 7.89. The smallest absolute Gasteiger partial charge is 0.237 e. The van der Waals surface area contributed by atoms with Gasteiger partial charge in [-0.3, -0.25) is 10.1 Å². The Morgan fingerprint density at radius 1 is 1.32 bits per heavy atom. The molecule has 0 aliphatic heterocycles. The summed E-state index contributed by atoms with van der Waals surface area (Å²) in [5.74, 6) is -0.280. The van der Waals surface area contributed by atoms with Crippen molar-refractivity contribution in [2.75, 3.05) is 12.3 Å². The quantitative estimate of drug-likeness (QED) is 0.619. The van der Waals surface area contributed by atoms with Gasteiger partial charge in [0.2, 0.25) is 15.9 Å². The maximum Gasteiger partial charge on any atom is 0.237 e. The fraction of sp³-hybridized carbons (Fsp3) is 0.917. The zero-order valence-electron chi connectivity index (χ0n) is 11.7. The van der Waals surface area contributed by atoms with E-state index in [4.69, 9.17) is 5.73 Å². The number of hydrogen-bond donors (Lipinski definition) is 3. The van der Waals surface area contributed by atoms with Crippen molar-refractivity contribution < 1.29 is 13.2 Å². The highest BCUT2D eigenvalue weighted by Gasteiger charge is 2.38. The Morgan fingerprint density at radius 3 is 2.37 bits per heavy atom. The van der Waals surface area contributed by atoms with Crippen molar-refractivity contribution in [2.45, 2.75) is 57.5 Å². The van der Waals surface area contributed by atoms with Gasteiger partial charge in [-0.1, -0.05) is 19.3 Å². The Labute approximate surface area is 115 Å². The Kier molecular flexibility index (Phi) is 5.76. The van der Waals surface area contributed by atoms with Crippen LogP contribution in [-0.4, -0.2) is 38.2 Å². The molecule has 0 bridgehead atoms. The van der Waals surface area contributed by atoms with Crippen LogP contribution >= 0.6 is 0 Å². The lowest BCUT2D eigenvalue weighted by molar-refractivity contribution is -0.126. The fourth-order valence-electron chi connectivity index (χ4n) is 2.49. The maximum atomic E-state index is 11.7. The summed E-state index contributed by atoms with van der Waals surface area (Å²) in [5, 5.41) is 3.23. The van der Waals surface area contributed by atoms with Crippen LogP contribution in [0.4, 0.5) is 0 Å². The Bertz CT molecular complexity index is 402. The molecule has 0 heterocycles. The number of hydrogen-bond acceptors (Lipinski definition) is 4. The molecular weight excluding hydrogens is 266 g/mol. The Morgan fingerprint density at radius 2 is 1.89 bits per heavy atom. The van der Waals surface area contributed by atoms with E-state index in [1.807, 2.05) is 6.92 Å². The molecule has 112 valence electrons. The van der Waals surface area contributed by atoms with Crippen molar-refractivity contribution in [3.63, 3.8) is 0 Å². The predicted molar refractivity (Wildman–Crippen MR) is 75.1 cm³/mol. The molecule has 4 N–H and O–H groups in total. The first kappa shape index (κ1) is 16.4. The average molecular weight is 291 g/mol. The van der Waals surface area contributed by atoms with E-state index in [1.54, 1.807) is 6.92 Å². The molecule has 6 nitrogen and oxygen atoms in total. The number of amides is 1. The normalized spacial score (nSPS) is 20.9. The number of nitrogens with one attached hydrogen (secondary N) is 2. The summed E-state index contributed by atoms with van der Waals surface area (Å²) >= 11 is 0. The van der Waals surface area contributed by atoms with Gasteiger partial charge in [-0.05, 0) is 26.7 Å². The first-order valence-electron chi connectivity index (χ1n) is 6.86. The second-order valence-corrected chi connectivity index (χ2v) is 7.40. The first-order valence-corrected chi connectivity index (χ1v) is 8.51. The summed E-state index contributed by atoms with van der Waals surface area (Å²) in [6, 6.07) is -0.132. The van der Waals surface area contributed by atoms with Gasteiger partial charge in [-0.15, -0.1) is 0 Å². The summed E-state index contributed by atoms with van der Waals surface area (Å²) in [5.41, 5.74) is 4.85. The van der Waals surface area contributed by atoms with Crippen molar-refractivity contribution in [3.8, 4) is 0 Å². The zero-order valence-corrected chi connectivity index (χ0v) is 12.6. The van der Waals surface area contributed by atoms with Crippen LogP contribution in [0.3, 0.4) is 0 Å². The van der Waals surface area contributed by atoms with Gasteiger partial charge in [-0.2, -0.15) is 0 Å². The second-order valence-electron chi connectivity index (χ2n) is 5.30. The van der Waals surface area contributed by atoms with Gasteiger partial charge < -0.3 is 5.73 Å². The monoisotopic (exact) mass is 291 g/mol. The summed E-state index contributed by atoms with van der Waals surface area (Å²) in [4.78, 5) is 11.7. The highest BCUT2D eigenvalue weighted by Crippen LogP contribution is 2.28. The Hall–Kier alpha value is -0.660. The summed E-state index contributed by atoms with van der Waals surface area (Å²) in [6.07, 6.45) is 4.53. The molecule has 19 heavy (non-hydrogen) atoms. The molecule has 1 aliphatic rings.